The quantitative estimate of drug-likeness (QED) is 0.289. The summed E-state index contributed by atoms with van der Waals surface area (Å²) in [5, 5.41) is 4.66. The number of hydrogen-bond donors (Lipinski definition) is 0. The first-order chi connectivity index (χ1) is 20.0. The maximum absolute atomic E-state index is 13.3. The number of likely N-dealkylation sites (tertiary alicyclic amines) is 1. The van der Waals surface area contributed by atoms with Gasteiger partial charge in [-0.25, -0.2) is 4.79 Å². The van der Waals surface area contributed by atoms with Crippen LogP contribution in [0.5, 0.6) is 17.2 Å². The molecular weight excluding hydrogens is 514 g/mol. The Balaban J connectivity index is 1.30. The van der Waals surface area contributed by atoms with Crippen LogP contribution < -0.4 is 14.2 Å². The van der Waals surface area contributed by atoms with Crippen molar-refractivity contribution in [1.29, 1.82) is 0 Å². The van der Waals surface area contributed by atoms with Gasteiger partial charge in [0.1, 0.15) is 5.75 Å². The molecule has 41 heavy (non-hydrogen) atoms. The van der Waals surface area contributed by atoms with Crippen LogP contribution in [0.15, 0.2) is 30.3 Å². The normalized spacial score (nSPS) is 19.5. The highest BCUT2D eigenvalue weighted by molar-refractivity contribution is 6.12. The van der Waals surface area contributed by atoms with Crippen molar-refractivity contribution in [3.05, 3.63) is 41.5 Å². The van der Waals surface area contributed by atoms with E-state index in [0.717, 1.165) is 75.1 Å². The van der Waals surface area contributed by atoms with Gasteiger partial charge in [-0.1, -0.05) is 19.9 Å². The molecule has 7 heteroatoms. The summed E-state index contributed by atoms with van der Waals surface area (Å²) in [6.07, 6.45) is 7.66. The zero-order valence-corrected chi connectivity index (χ0v) is 25.2. The predicted octanol–water partition coefficient (Wildman–Crippen LogP) is 6.62. The van der Waals surface area contributed by atoms with Crippen molar-refractivity contribution in [1.82, 2.24) is 14.7 Å². The van der Waals surface area contributed by atoms with Crippen LogP contribution in [0.25, 0.3) is 21.5 Å². The number of amides is 1. The molecule has 1 unspecified atom stereocenters. The molecule has 3 heterocycles. The van der Waals surface area contributed by atoms with Gasteiger partial charge in [0.15, 0.2) is 11.5 Å². The molecule has 3 aromatic rings. The first-order valence-corrected chi connectivity index (χ1v) is 15.6. The van der Waals surface area contributed by atoms with Crippen molar-refractivity contribution in [3.8, 4) is 17.2 Å². The van der Waals surface area contributed by atoms with Crippen molar-refractivity contribution in [2.75, 3.05) is 46.9 Å². The number of rotatable bonds is 8. The van der Waals surface area contributed by atoms with E-state index in [1.54, 1.807) is 14.2 Å². The molecule has 3 aliphatic heterocycles. The van der Waals surface area contributed by atoms with Crippen LogP contribution in [0.3, 0.4) is 0 Å². The van der Waals surface area contributed by atoms with Gasteiger partial charge in [0.05, 0.1) is 14.2 Å². The predicted molar refractivity (Wildman–Crippen MR) is 164 cm³/mol. The van der Waals surface area contributed by atoms with E-state index in [-0.39, 0.29) is 6.09 Å². The zero-order valence-electron chi connectivity index (χ0n) is 25.2. The molecule has 6 rings (SSSR count). The lowest BCUT2D eigenvalue weighted by Crippen LogP contribution is -2.47. The molecule has 220 valence electrons. The molecule has 2 fully saturated rings. The maximum Gasteiger partial charge on any atom is 0.415 e. The molecule has 0 saturated carbocycles. The number of carbonyl (C=O) groups is 1. The van der Waals surface area contributed by atoms with Gasteiger partial charge >= 0.3 is 6.09 Å². The fourth-order valence-electron chi connectivity index (χ4n) is 7.57. The number of ether oxygens (including phenoxy) is 3. The Bertz CT molecular complexity index is 1410. The third-order valence-electron chi connectivity index (χ3n) is 9.59. The SMILES string of the molecule is CCCN(CCC)C1CCN(C(=O)Oc2ccc3c4c(c5cc(OC)c(OC)cc5c3c2)CN2CCCC2C4)CC1. The average molecular weight is 560 g/mol. The van der Waals surface area contributed by atoms with E-state index < -0.39 is 0 Å². The Kier molecular flexibility index (Phi) is 8.27. The summed E-state index contributed by atoms with van der Waals surface area (Å²) in [6.45, 7) is 10.4. The summed E-state index contributed by atoms with van der Waals surface area (Å²) < 4.78 is 17.4. The second-order valence-corrected chi connectivity index (χ2v) is 12.0. The number of benzene rings is 3. The molecule has 0 aliphatic carbocycles. The number of nitrogens with zero attached hydrogens (tertiary/aromatic N) is 3. The fraction of sp³-hybridized carbons (Fsp3) is 0.559. The third-order valence-corrected chi connectivity index (χ3v) is 9.59. The van der Waals surface area contributed by atoms with Gasteiger partial charge in [0.25, 0.3) is 0 Å². The van der Waals surface area contributed by atoms with Gasteiger partial charge in [-0.15, -0.1) is 0 Å². The lowest BCUT2D eigenvalue weighted by atomic mass is 9.85. The Morgan fingerprint density at radius 1 is 0.854 bits per heavy atom. The van der Waals surface area contributed by atoms with Crippen LogP contribution >= 0.6 is 0 Å². The molecular formula is C34H45N3O4. The van der Waals surface area contributed by atoms with Crippen LogP contribution in [0, 0.1) is 0 Å². The summed E-state index contributed by atoms with van der Waals surface area (Å²) in [5.41, 5.74) is 2.81. The molecule has 0 aromatic heterocycles. The van der Waals surface area contributed by atoms with E-state index in [9.17, 15) is 4.79 Å². The second-order valence-electron chi connectivity index (χ2n) is 12.0. The highest BCUT2D eigenvalue weighted by Crippen LogP contribution is 2.44. The number of fused-ring (bicyclic) bond motifs is 7. The Labute approximate surface area is 244 Å². The molecule has 2 saturated heterocycles. The van der Waals surface area contributed by atoms with Crippen molar-refractivity contribution < 1.29 is 19.0 Å². The Morgan fingerprint density at radius 2 is 1.54 bits per heavy atom. The summed E-state index contributed by atoms with van der Waals surface area (Å²) in [4.78, 5) is 20.4. The van der Waals surface area contributed by atoms with Crippen molar-refractivity contribution in [2.45, 2.75) is 77.4 Å². The minimum atomic E-state index is -0.247. The lowest BCUT2D eigenvalue weighted by Gasteiger charge is -2.38. The Morgan fingerprint density at radius 3 is 2.22 bits per heavy atom. The van der Waals surface area contributed by atoms with Gasteiger partial charge in [0, 0.05) is 31.7 Å². The molecule has 0 N–H and O–H groups in total. The van der Waals surface area contributed by atoms with Crippen molar-refractivity contribution in [2.24, 2.45) is 0 Å². The van der Waals surface area contributed by atoms with Crippen LogP contribution in [-0.4, -0.2) is 79.8 Å². The minimum absolute atomic E-state index is 0.247. The highest BCUT2D eigenvalue weighted by atomic mass is 16.6. The van der Waals surface area contributed by atoms with E-state index in [4.69, 9.17) is 14.2 Å². The summed E-state index contributed by atoms with van der Waals surface area (Å²) >= 11 is 0. The van der Waals surface area contributed by atoms with Crippen molar-refractivity contribution >= 4 is 27.6 Å². The molecule has 3 aromatic carbocycles. The number of piperidine rings is 1. The van der Waals surface area contributed by atoms with Gasteiger partial charge in [-0.05, 0) is 122 Å². The van der Waals surface area contributed by atoms with E-state index >= 15 is 0 Å². The van der Waals surface area contributed by atoms with Gasteiger partial charge < -0.3 is 24.0 Å². The minimum Gasteiger partial charge on any atom is -0.493 e. The molecule has 0 bridgehead atoms. The fourth-order valence-corrected chi connectivity index (χ4v) is 7.57. The first-order valence-electron chi connectivity index (χ1n) is 15.6. The van der Waals surface area contributed by atoms with Gasteiger partial charge in [-0.2, -0.15) is 0 Å². The van der Waals surface area contributed by atoms with E-state index in [1.807, 2.05) is 11.0 Å². The number of carbonyl (C=O) groups excluding carboxylic acids is 1. The standard InChI is InChI=1S/C34H45N3O4/c1-5-13-35(14-6-2)23-11-16-36(17-12-23)34(38)41-25-9-10-26-27-18-24-8-7-15-37(24)22-31(27)30-21-33(40-4)32(39-3)20-29(30)28(26)19-25/h9-10,19-21,23-24H,5-8,11-18,22H2,1-4H3. The van der Waals surface area contributed by atoms with E-state index in [0.29, 0.717) is 23.6 Å². The number of hydrogen-bond acceptors (Lipinski definition) is 6. The molecule has 1 amide bonds. The highest BCUT2D eigenvalue weighted by Gasteiger charge is 2.33. The lowest BCUT2D eigenvalue weighted by molar-refractivity contribution is 0.0984. The Hall–Kier alpha value is -3.03. The van der Waals surface area contributed by atoms with Gasteiger partial charge in [-0.3, -0.25) is 4.90 Å². The molecule has 7 nitrogen and oxygen atoms in total. The molecule has 0 spiro atoms. The summed E-state index contributed by atoms with van der Waals surface area (Å²) in [6, 6.07) is 11.6. The second kappa shape index (κ2) is 12.1. The molecule has 3 aliphatic rings. The molecule has 1 atom stereocenters. The van der Waals surface area contributed by atoms with Crippen LogP contribution in [0.1, 0.15) is 63.5 Å². The smallest absolute Gasteiger partial charge is 0.415 e. The van der Waals surface area contributed by atoms with Crippen LogP contribution in [-0.2, 0) is 13.0 Å². The zero-order chi connectivity index (χ0) is 28.5. The molecule has 0 radical (unpaired) electrons. The third kappa shape index (κ3) is 5.35. The van der Waals surface area contributed by atoms with Crippen molar-refractivity contribution in [3.63, 3.8) is 0 Å². The van der Waals surface area contributed by atoms with E-state index in [1.165, 1.54) is 47.6 Å². The van der Waals surface area contributed by atoms with Crippen LogP contribution in [0.2, 0.25) is 0 Å². The van der Waals surface area contributed by atoms with Gasteiger partial charge in [0.2, 0.25) is 0 Å². The summed E-state index contributed by atoms with van der Waals surface area (Å²) in [5.74, 6) is 2.05. The van der Waals surface area contributed by atoms with E-state index in [2.05, 4.69) is 47.9 Å². The topological polar surface area (TPSA) is 54.5 Å². The monoisotopic (exact) mass is 559 g/mol. The average Bonchev–Trinajstić information content (AvgIpc) is 3.47. The first kappa shape index (κ1) is 28.1. The van der Waals surface area contributed by atoms with Crippen LogP contribution in [0.4, 0.5) is 4.79 Å². The number of methoxy groups -OCH3 is 2. The largest absolute Gasteiger partial charge is 0.493 e. The summed E-state index contributed by atoms with van der Waals surface area (Å²) in [7, 11) is 3.37. The maximum atomic E-state index is 13.3.